The molecule has 0 amide bonds. The van der Waals surface area contributed by atoms with Crippen LogP contribution in [-0.2, 0) is 11.2 Å². The third kappa shape index (κ3) is 4.62. The first-order valence-electron chi connectivity index (χ1n) is 10.8. The number of halogens is 1. The third-order valence-corrected chi connectivity index (χ3v) is 5.58. The highest BCUT2D eigenvalue weighted by Gasteiger charge is 2.18. The number of methoxy groups -OCH3 is 1. The summed E-state index contributed by atoms with van der Waals surface area (Å²) < 4.78 is 26.8. The van der Waals surface area contributed by atoms with Gasteiger partial charge in [0.25, 0.3) is 0 Å². The summed E-state index contributed by atoms with van der Waals surface area (Å²) >= 11 is 0. The molecule has 1 N–H and O–H groups in total. The average Bonchev–Trinajstić information content (AvgIpc) is 3.28. The van der Waals surface area contributed by atoms with Gasteiger partial charge < -0.3 is 14.8 Å². The molecule has 0 spiro atoms. The number of rotatable bonds is 7. The number of fused-ring (bicyclic) bond motifs is 1. The minimum absolute atomic E-state index is 0.287. The summed E-state index contributed by atoms with van der Waals surface area (Å²) in [5.74, 6) is 0.895. The van der Waals surface area contributed by atoms with Crippen LogP contribution in [0.1, 0.15) is 5.56 Å². The summed E-state index contributed by atoms with van der Waals surface area (Å²) in [6.45, 7) is 4.24. The van der Waals surface area contributed by atoms with Gasteiger partial charge in [0.1, 0.15) is 11.2 Å². The Kier molecular flexibility index (Phi) is 6.09. The fourth-order valence-corrected chi connectivity index (χ4v) is 3.85. The third-order valence-electron chi connectivity index (χ3n) is 5.58. The van der Waals surface area contributed by atoms with E-state index < -0.39 is 5.82 Å². The summed E-state index contributed by atoms with van der Waals surface area (Å²) in [5.41, 5.74) is 2.71. The molecule has 0 bridgehead atoms. The van der Waals surface area contributed by atoms with Crippen LogP contribution in [0.5, 0.6) is 5.88 Å². The van der Waals surface area contributed by atoms with E-state index in [-0.39, 0.29) is 5.69 Å². The summed E-state index contributed by atoms with van der Waals surface area (Å²) in [4.78, 5) is 15.4. The zero-order valence-electron chi connectivity index (χ0n) is 18.2. The van der Waals surface area contributed by atoms with Gasteiger partial charge in [0.2, 0.25) is 11.7 Å². The van der Waals surface area contributed by atoms with Crippen LogP contribution in [0.25, 0.3) is 17.0 Å². The van der Waals surface area contributed by atoms with E-state index in [4.69, 9.17) is 14.5 Å². The van der Waals surface area contributed by atoms with E-state index in [0.29, 0.717) is 23.2 Å². The number of pyridine rings is 2. The molecule has 1 saturated heterocycles. The number of anilines is 2. The van der Waals surface area contributed by atoms with Gasteiger partial charge in [0, 0.05) is 38.1 Å². The lowest BCUT2D eigenvalue weighted by molar-refractivity contribution is 0.0385. The van der Waals surface area contributed by atoms with Crippen molar-refractivity contribution in [2.24, 2.45) is 0 Å². The van der Waals surface area contributed by atoms with Gasteiger partial charge in [-0.1, -0.05) is 6.07 Å². The standard InChI is InChI=1S/C23H24FN7O2/c1-32-20-4-2-3-19(26-20)22-28-23(27-18-5-8-25-15-17(18)24)21-16(7-10-31(21)29-22)6-9-30-11-13-33-14-12-30/h2-5,7-8,10,15H,6,9,11-14H2,1H3,(H,25,27,28,29). The Bertz CT molecular complexity index is 1260. The van der Waals surface area contributed by atoms with Crippen molar-refractivity contribution in [1.82, 2.24) is 29.5 Å². The number of nitrogens with one attached hydrogen (secondary N) is 1. The molecule has 0 saturated carbocycles. The molecule has 10 heteroatoms. The Labute approximate surface area is 190 Å². The van der Waals surface area contributed by atoms with Gasteiger partial charge in [-0.3, -0.25) is 9.88 Å². The Morgan fingerprint density at radius 1 is 1.15 bits per heavy atom. The lowest BCUT2D eigenvalue weighted by Crippen LogP contribution is -2.37. The number of nitrogens with zero attached hydrogens (tertiary/aromatic N) is 6. The maximum atomic E-state index is 14.4. The second-order valence-corrected chi connectivity index (χ2v) is 7.67. The number of hydrogen-bond donors (Lipinski definition) is 1. The van der Waals surface area contributed by atoms with E-state index in [9.17, 15) is 4.39 Å². The lowest BCUT2D eigenvalue weighted by Gasteiger charge is -2.26. The molecule has 9 nitrogen and oxygen atoms in total. The minimum atomic E-state index is -0.461. The SMILES string of the molecule is COc1cccc(-c2nc(Nc3ccncc3F)c3c(CCN4CCOCC4)ccn3n2)n1. The molecule has 1 fully saturated rings. The molecule has 5 heterocycles. The summed E-state index contributed by atoms with van der Waals surface area (Å²) in [6.07, 6.45) is 5.40. The number of hydrogen-bond acceptors (Lipinski definition) is 8. The van der Waals surface area contributed by atoms with Gasteiger partial charge in [-0.2, -0.15) is 0 Å². The van der Waals surface area contributed by atoms with E-state index in [1.165, 1.54) is 12.4 Å². The molecule has 0 radical (unpaired) electrons. The van der Waals surface area contributed by atoms with Crippen molar-refractivity contribution in [2.45, 2.75) is 6.42 Å². The molecule has 0 aromatic carbocycles. The van der Waals surface area contributed by atoms with Gasteiger partial charge in [0.05, 0.1) is 32.2 Å². The lowest BCUT2D eigenvalue weighted by atomic mass is 10.2. The molecule has 1 aliphatic rings. The quantitative estimate of drug-likeness (QED) is 0.461. The van der Waals surface area contributed by atoms with E-state index in [2.05, 4.69) is 25.3 Å². The first-order chi connectivity index (χ1) is 16.2. The van der Waals surface area contributed by atoms with Crippen LogP contribution >= 0.6 is 0 Å². The molecule has 0 unspecified atom stereocenters. The second kappa shape index (κ2) is 9.47. The largest absolute Gasteiger partial charge is 0.481 e. The van der Waals surface area contributed by atoms with Crippen molar-refractivity contribution in [3.05, 3.63) is 60.3 Å². The van der Waals surface area contributed by atoms with Crippen LogP contribution in [0.15, 0.2) is 48.9 Å². The first kappa shape index (κ1) is 21.2. The highest BCUT2D eigenvalue weighted by molar-refractivity contribution is 5.78. The predicted molar refractivity (Wildman–Crippen MR) is 121 cm³/mol. The minimum Gasteiger partial charge on any atom is -0.481 e. The van der Waals surface area contributed by atoms with Crippen molar-refractivity contribution < 1.29 is 13.9 Å². The Morgan fingerprint density at radius 3 is 2.85 bits per heavy atom. The first-order valence-corrected chi connectivity index (χ1v) is 10.8. The topological polar surface area (TPSA) is 89.7 Å². The number of aromatic nitrogens is 5. The predicted octanol–water partition coefficient (Wildman–Crippen LogP) is 2.95. The highest BCUT2D eigenvalue weighted by atomic mass is 19.1. The fraction of sp³-hybridized carbons (Fsp3) is 0.304. The van der Waals surface area contributed by atoms with Gasteiger partial charge >= 0.3 is 0 Å². The zero-order valence-corrected chi connectivity index (χ0v) is 18.2. The van der Waals surface area contributed by atoms with E-state index in [1.54, 1.807) is 23.8 Å². The molecular formula is C23H24FN7O2. The van der Waals surface area contributed by atoms with Gasteiger partial charge in [0.15, 0.2) is 11.6 Å². The Balaban J connectivity index is 1.55. The van der Waals surface area contributed by atoms with Crippen LogP contribution in [0, 0.1) is 5.82 Å². The molecule has 0 aliphatic carbocycles. The molecule has 1 aliphatic heterocycles. The Morgan fingerprint density at radius 2 is 2.03 bits per heavy atom. The van der Waals surface area contributed by atoms with Crippen LogP contribution in [0.4, 0.5) is 15.9 Å². The molecule has 170 valence electrons. The Hall–Kier alpha value is -3.63. The van der Waals surface area contributed by atoms with Crippen molar-refractivity contribution in [1.29, 1.82) is 0 Å². The van der Waals surface area contributed by atoms with Crippen LogP contribution in [0.3, 0.4) is 0 Å². The summed E-state index contributed by atoms with van der Waals surface area (Å²) in [6, 6.07) is 9.00. The molecule has 4 aromatic rings. The number of ether oxygens (including phenoxy) is 2. The fourth-order valence-electron chi connectivity index (χ4n) is 3.85. The average molecular weight is 449 g/mol. The van der Waals surface area contributed by atoms with Crippen LogP contribution in [0.2, 0.25) is 0 Å². The summed E-state index contributed by atoms with van der Waals surface area (Å²) in [7, 11) is 1.56. The van der Waals surface area contributed by atoms with E-state index in [1.807, 2.05) is 24.4 Å². The maximum absolute atomic E-state index is 14.4. The van der Waals surface area contributed by atoms with Gasteiger partial charge in [-0.05, 0) is 30.2 Å². The maximum Gasteiger partial charge on any atom is 0.213 e. The number of morpholine rings is 1. The van der Waals surface area contributed by atoms with E-state index >= 15 is 0 Å². The normalized spacial score (nSPS) is 14.5. The molecule has 0 atom stereocenters. The highest BCUT2D eigenvalue weighted by Crippen LogP contribution is 2.28. The van der Waals surface area contributed by atoms with Crippen LogP contribution < -0.4 is 10.1 Å². The second-order valence-electron chi connectivity index (χ2n) is 7.67. The van der Waals surface area contributed by atoms with Crippen LogP contribution in [-0.4, -0.2) is 69.4 Å². The zero-order chi connectivity index (χ0) is 22.6. The smallest absolute Gasteiger partial charge is 0.213 e. The molecular weight excluding hydrogens is 425 g/mol. The molecule has 4 aromatic heterocycles. The summed E-state index contributed by atoms with van der Waals surface area (Å²) in [5, 5.41) is 7.81. The van der Waals surface area contributed by atoms with Crippen molar-refractivity contribution in [2.75, 3.05) is 45.3 Å². The van der Waals surface area contributed by atoms with Gasteiger partial charge in [-0.25, -0.2) is 18.9 Å². The molecule has 5 rings (SSSR count). The van der Waals surface area contributed by atoms with Crippen molar-refractivity contribution >= 4 is 17.0 Å². The van der Waals surface area contributed by atoms with E-state index in [0.717, 1.165) is 50.3 Å². The van der Waals surface area contributed by atoms with Gasteiger partial charge in [-0.15, -0.1) is 5.10 Å². The van der Waals surface area contributed by atoms with Crippen molar-refractivity contribution in [3.63, 3.8) is 0 Å². The van der Waals surface area contributed by atoms with Crippen molar-refractivity contribution in [3.8, 4) is 17.4 Å². The monoisotopic (exact) mass is 449 g/mol. The molecule has 33 heavy (non-hydrogen) atoms.